The van der Waals surface area contributed by atoms with Gasteiger partial charge in [0.2, 0.25) is 0 Å². The van der Waals surface area contributed by atoms with Crippen LogP contribution in [-0.2, 0) is 4.79 Å². The van der Waals surface area contributed by atoms with Gasteiger partial charge in [0.1, 0.15) is 11.6 Å². The molecule has 0 radical (unpaired) electrons. The van der Waals surface area contributed by atoms with Crippen LogP contribution in [0.1, 0.15) is 31.4 Å². The Morgan fingerprint density at radius 2 is 1.88 bits per heavy atom. The van der Waals surface area contributed by atoms with Gasteiger partial charge in [-0.15, -0.1) is 0 Å². The van der Waals surface area contributed by atoms with Crippen molar-refractivity contribution in [2.24, 2.45) is 5.92 Å². The number of benzene rings is 1. The third-order valence-electron chi connectivity index (χ3n) is 6.47. The molecule has 172 valence electrons. The number of carboxylic acids is 1. The van der Waals surface area contributed by atoms with E-state index in [0.29, 0.717) is 25.9 Å². The second-order valence-corrected chi connectivity index (χ2v) is 8.73. The lowest BCUT2D eigenvalue weighted by Gasteiger charge is -2.32. The van der Waals surface area contributed by atoms with Crippen molar-refractivity contribution in [3.05, 3.63) is 78.8 Å². The zero-order valence-corrected chi connectivity index (χ0v) is 19.1. The van der Waals surface area contributed by atoms with Crippen LogP contribution in [0.25, 0.3) is 22.0 Å². The molecule has 1 aliphatic rings. The summed E-state index contributed by atoms with van der Waals surface area (Å²) >= 11 is 0. The molecule has 1 fully saturated rings. The molecule has 1 saturated heterocycles. The summed E-state index contributed by atoms with van der Waals surface area (Å²) < 4.78 is 0. The molecule has 4 aromatic rings. The number of hydrogen-bond acceptors (Lipinski definition) is 6. The standard InChI is InChI=1S/C27H27N5O2/c1-18(19-5-3-2-4-6-19)30-25-16-21(7-12-29-25)24-15-22-17-28-11-8-23(22)26(31-24)32-13-9-20(10-14-32)27(33)34/h2-8,11-12,15-18,20H,9-10,13-14H2,1H3,(H,29,30)(H,33,34)/t18-/m0/s1. The number of aromatic nitrogens is 3. The van der Waals surface area contributed by atoms with Crippen molar-refractivity contribution in [2.75, 3.05) is 23.3 Å². The van der Waals surface area contributed by atoms with Gasteiger partial charge in [0.15, 0.2) is 0 Å². The fraction of sp³-hybridized carbons (Fsp3) is 0.259. The number of carboxylic acid groups (broad SMARTS) is 1. The van der Waals surface area contributed by atoms with Gasteiger partial charge in [-0.25, -0.2) is 9.97 Å². The summed E-state index contributed by atoms with van der Waals surface area (Å²) in [6, 6.07) is 18.4. The van der Waals surface area contributed by atoms with Crippen LogP contribution in [0.2, 0.25) is 0 Å². The number of carbonyl (C=O) groups is 1. The summed E-state index contributed by atoms with van der Waals surface area (Å²) in [5, 5.41) is 14.9. The molecule has 7 heteroatoms. The maximum Gasteiger partial charge on any atom is 0.306 e. The minimum Gasteiger partial charge on any atom is -0.481 e. The molecule has 0 bridgehead atoms. The van der Waals surface area contributed by atoms with Crippen molar-refractivity contribution in [3.63, 3.8) is 0 Å². The Morgan fingerprint density at radius 1 is 1.09 bits per heavy atom. The maximum absolute atomic E-state index is 11.4. The zero-order valence-electron chi connectivity index (χ0n) is 19.1. The van der Waals surface area contributed by atoms with E-state index in [2.05, 4.69) is 45.3 Å². The number of piperidine rings is 1. The topological polar surface area (TPSA) is 91.2 Å². The van der Waals surface area contributed by atoms with Crippen LogP contribution in [0, 0.1) is 5.92 Å². The normalized spacial score (nSPS) is 15.3. The molecule has 1 aliphatic heterocycles. The van der Waals surface area contributed by atoms with E-state index in [1.54, 1.807) is 12.4 Å². The molecule has 1 aromatic carbocycles. The summed E-state index contributed by atoms with van der Waals surface area (Å²) in [5.41, 5.74) is 3.00. The fourth-order valence-corrected chi connectivity index (χ4v) is 4.52. The van der Waals surface area contributed by atoms with Gasteiger partial charge in [0.05, 0.1) is 11.6 Å². The first kappa shape index (κ1) is 21.8. The van der Waals surface area contributed by atoms with Crippen LogP contribution < -0.4 is 10.2 Å². The van der Waals surface area contributed by atoms with Crippen molar-refractivity contribution in [1.82, 2.24) is 15.0 Å². The van der Waals surface area contributed by atoms with Crippen LogP contribution in [0.5, 0.6) is 0 Å². The Labute approximate surface area is 198 Å². The van der Waals surface area contributed by atoms with Gasteiger partial charge < -0.3 is 15.3 Å². The summed E-state index contributed by atoms with van der Waals surface area (Å²) in [4.78, 5) is 27.5. The van der Waals surface area contributed by atoms with E-state index < -0.39 is 5.97 Å². The monoisotopic (exact) mass is 453 g/mol. The minimum atomic E-state index is -0.711. The average molecular weight is 454 g/mol. The molecule has 4 heterocycles. The van der Waals surface area contributed by atoms with Crippen molar-refractivity contribution >= 4 is 28.4 Å². The highest BCUT2D eigenvalue weighted by molar-refractivity contribution is 5.94. The third kappa shape index (κ3) is 4.55. The van der Waals surface area contributed by atoms with E-state index in [4.69, 9.17) is 4.98 Å². The van der Waals surface area contributed by atoms with Gasteiger partial charge in [0.25, 0.3) is 0 Å². The molecular formula is C27H27N5O2. The predicted octanol–water partition coefficient (Wildman–Crippen LogP) is 5.17. The van der Waals surface area contributed by atoms with Crippen molar-refractivity contribution in [1.29, 1.82) is 0 Å². The molecule has 34 heavy (non-hydrogen) atoms. The lowest BCUT2D eigenvalue weighted by molar-refractivity contribution is -0.142. The smallest absolute Gasteiger partial charge is 0.306 e. The van der Waals surface area contributed by atoms with E-state index in [9.17, 15) is 9.90 Å². The summed E-state index contributed by atoms with van der Waals surface area (Å²) in [5.74, 6) is 0.665. The largest absolute Gasteiger partial charge is 0.481 e. The molecule has 1 atom stereocenters. The van der Waals surface area contributed by atoms with Crippen molar-refractivity contribution < 1.29 is 9.90 Å². The number of nitrogens with zero attached hydrogens (tertiary/aromatic N) is 4. The van der Waals surface area contributed by atoms with Gasteiger partial charge in [-0.2, -0.15) is 0 Å². The highest BCUT2D eigenvalue weighted by Crippen LogP contribution is 2.32. The van der Waals surface area contributed by atoms with Gasteiger partial charge in [0, 0.05) is 54.1 Å². The number of hydrogen-bond donors (Lipinski definition) is 2. The Kier molecular flexibility index (Phi) is 6.08. The molecule has 5 rings (SSSR count). The predicted molar refractivity (Wildman–Crippen MR) is 134 cm³/mol. The number of anilines is 2. The second-order valence-electron chi connectivity index (χ2n) is 8.73. The van der Waals surface area contributed by atoms with Crippen LogP contribution in [-0.4, -0.2) is 39.1 Å². The molecule has 0 amide bonds. The van der Waals surface area contributed by atoms with Crippen molar-refractivity contribution in [3.8, 4) is 11.3 Å². The van der Waals surface area contributed by atoms with E-state index in [1.165, 1.54) is 5.56 Å². The van der Waals surface area contributed by atoms with Crippen molar-refractivity contribution in [2.45, 2.75) is 25.8 Å². The lowest BCUT2D eigenvalue weighted by atomic mass is 9.97. The van der Waals surface area contributed by atoms with Gasteiger partial charge in [-0.1, -0.05) is 30.3 Å². The van der Waals surface area contributed by atoms with Crippen LogP contribution in [0.4, 0.5) is 11.6 Å². The van der Waals surface area contributed by atoms with E-state index >= 15 is 0 Å². The Hall–Kier alpha value is -4.00. The second kappa shape index (κ2) is 9.47. The lowest BCUT2D eigenvalue weighted by Crippen LogP contribution is -2.36. The summed E-state index contributed by atoms with van der Waals surface area (Å²) in [6.45, 7) is 3.45. The number of nitrogens with one attached hydrogen (secondary N) is 1. The molecule has 0 aliphatic carbocycles. The molecule has 3 aromatic heterocycles. The molecule has 0 saturated carbocycles. The molecule has 2 N–H and O–H groups in total. The Morgan fingerprint density at radius 3 is 2.65 bits per heavy atom. The van der Waals surface area contributed by atoms with Gasteiger partial charge >= 0.3 is 5.97 Å². The SMILES string of the molecule is C[C@H](Nc1cc(-c2cc3cnccc3c(N3CCC(C(=O)O)CC3)n2)ccn1)c1ccccc1. The molecule has 7 nitrogen and oxygen atoms in total. The van der Waals surface area contributed by atoms with Crippen LogP contribution >= 0.6 is 0 Å². The van der Waals surface area contributed by atoms with Gasteiger partial charge in [-0.05, 0) is 49.6 Å². The third-order valence-corrected chi connectivity index (χ3v) is 6.47. The maximum atomic E-state index is 11.4. The number of rotatable bonds is 6. The zero-order chi connectivity index (χ0) is 23.5. The summed E-state index contributed by atoms with van der Waals surface area (Å²) in [7, 11) is 0. The minimum absolute atomic E-state index is 0.115. The highest BCUT2D eigenvalue weighted by Gasteiger charge is 2.26. The first-order valence-corrected chi connectivity index (χ1v) is 11.6. The molecule has 0 unspecified atom stereocenters. The first-order valence-electron chi connectivity index (χ1n) is 11.6. The first-order chi connectivity index (χ1) is 16.6. The Balaban J connectivity index is 1.46. The number of pyridine rings is 3. The quantitative estimate of drug-likeness (QED) is 0.416. The van der Waals surface area contributed by atoms with Crippen LogP contribution in [0.3, 0.4) is 0 Å². The average Bonchev–Trinajstić information content (AvgIpc) is 2.89. The highest BCUT2D eigenvalue weighted by atomic mass is 16.4. The molecule has 0 spiro atoms. The van der Waals surface area contributed by atoms with E-state index in [0.717, 1.165) is 33.7 Å². The summed E-state index contributed by atoms with van der Waals surface area (Å²) in [6.07, 6.45) is 6.66. The van der Waals surface area contributed by atoms with Gasteiger partial charge in [-0.3, -0.25) is 9.78 Å². The van der Waals surface area contributed by atoms with E-state index in [-0.39, 0.29) is 12.0 Å². The number of aliphatic carboxylic acids is 1. The molecular weight excluding hydrogens is 426 g/mol. The Bertz CT molecular complexity index is 1300. The fourth-order valence-electron chi connectivity index (χ4n) is 4.52. The van der Waals surface area contributed by atoms with Crippen LogP contribution in [0.15, 0.2) is 73.2 Å². The number of fused-ring (bicyclic) bond motifs is 1. The van der Waals surface area contributed by atoms with E-state index in [1.807, 2.05) is 42.6 Å².